The van der Waals surface area contributed by atoms with Crippen LogP contribution in [0.15, 0.2) is 0 Å². The lowest BCUT2D eigenvalue weighted by molar-refractivity contribution is -0.121. The van der Waals surface area contributed by atoms with Gasteiger partial charge in [0.05, 0.1) is 0 Å². The van der Waals surface area contributed by atoms with Crippen LogP contribution in [0, 0.1) is 5.92 Å². The van der Waals surface area contributed by atoms with Crippen LogP contribution >= 0.6 is 11.8 Å². The van der Waals surface area contributed by atoms with E-state index in [-0.39, 0.29) is 5.91 Å². The standard InChI is InChI=1S/C12H24N2OS/c13-14-12(15)8-2-1-5-9-16-10-11-6-3-4-7-11/h11H,1-10,13H2,(H,14,15). The first-order valence-electron chi connectivity index (χ1n) is 6.40. The van der Waals surface area contributed by atoms with Gasteiger partial charge < -0.3 is 0 Å². The molecule has 1 amide bonds. The Morgan fingerprint density at radius 3 is 2.69 bits per heavy atom. The predicted molar refractivity (Wildman–Crippen MR) is 70.1 cm³/mol. The maximum absolute atomic E-state index is 10.8. The molecular weight excluding hydrogens is 220 g/mol. The highest BCUT2D eigenvalue weighted by atomic mass is 32.2. The maximum atomic E-state index is 10.8. The molecule has 0 heterocycles. The van der Waals surface area contributed by atoms with Gasteiger partial charge in [-0.25, -0.2) is 5.84 Å². The predicted octanol–water partition coefficient (Wildman–Crippen LogP) is 2.46. The second-order valence-corrected chi connectivity index (χ2v) is 5.75. The van der Waals surface area contributed by atoms with Gasteiger partial charge in [-0.2, -0.15) is 11.8 Å². The Bertz CT molecular complexity index is 193. The highest BCUT2D eigenvalue weighted by Crippen LogP contribution is 2.28. The van der Waals surface area contributed by atoms with Crippen molar-refractivity contribution in [3.63, 3.8) is 0 Å². The number of hydrogen-bond donors (Lipinski definition) is 2. The number of amides is 1. The number of carbonyl (C=O) groups is 1. The lowest BCUT2D eigenvalue weighted by atomic mass is 10.1. The second kappa shape index (κ2) is 8.88. The Kier molecular flexibility index (Phi) is 7.68. The van der Waals surface area contributed by atoms with Crippen LogP contribution in [0.4, 0.5) is 0 Å². The smallest absolute Gasteiger partial charge is 0.233 e. The Morgan fingerprint density at radius 2 is 2.00 bits per heavy atom. The van der Waals surface area contributed by atoms with Crippen molar-refractivity contribution in [2.24, 2.45) is 11.8 Å². The first kappa shape index (κ1) is 13.8. The molecule has 0 saturated heterocycles. The number of hydrazine groups is 1. The first-order valence-corrected chi connectivity index (χ1v) is 7.55. The fourth-order valence-corrected chi connectivity index (χ4v) is 3.41. The van der Waals surface area contributed by atoms with E-state index in [0.29, 0.717) is 6.42 Å². The normalized spacial score (nSPS) is 16.6. The van der Waals surface area contributed by atoms with Crippen molar-refractivity contribution in [3.8, 4) is 0 Å². The van der Waals surface area contributed by atoms with Gasteiger partial charge in [-0.05, 0) is 43.1 Å². The third kappa shape index (κ3) is 6.38. The van der Waals surface area contributed by atoms with E-state index in [1.165, 1.54) is 43.6 Å². The zero-order chi connectivity index (χ0) is 11.6. The largest absolute Gasteiger partial charge is 0.294 e. The number of thioether (sulfide) groups is 1. The highest BCUT2D eigenvalue weighted by molar-refractivity contribution is 7.99. The molecule has 0 unspecified atom stereocenters. The molecule has 3 nitrogen and oxygen atoms in total. The van der Waals surface area contributed by atoms with Crippen molar-refractivity contribution in [3.05, 3.63) is 0 Å². The fraction of sp³-hybridized carbons (Fsp3) is 0.917. The average molecular weight is 244 g/mol. The fourth-order valence-electron chi connectivity index (χ4n) is 2.17. The first-order chi connectivity index (χ1) is 7.83. The lowest BCUT2D eigenvalue weighted by Gasteiger charge is -2.07. The summed E-state index contributed by atoms with van der Waals surface area (Å²) in [4.78, 5) is 10.8. The van der Waals surface area contributed by atoms with Crippen LogP contribution < -0.4 is 11.3 Å². The zero-order valence-corrected chi connectivity index (χ0v) is 10.9. The van der Waals surface area contributed by atoms with Crippen molar-refractivity contribution < 1.29 is 4.79 Å². The highest BCUT2D eigenvalue weighted by Gasteiger charge is 2.14. The van der Waals surface area contributed by atoms with Crippen molar-refractivity contribution >= 4 is 17.7 Å². The van der Waals surface area contributed by atoms with E-state index in [1.54, 1.807) is 0 Å². The second-order valence-electron chi connectivity index (χ2n) is 4.60. The van der Waals surface area contributed by atoms with Crippen LogP contribution in [0.1, 0.15) is 51.4 Å². The summed E-state index contributed by atoms with van der Waals surface area (Å²) in [6.07, 6.45) is 9.70. The lowest BCUT2D eigenvalue weighted by Crippen LogP contribution is -2.29. The summed E-state index contributed by atoms with van der Waals surface area (Å²) >= 11 is 2.09. The average Bonchev–Trinajstić information content (AvgIpc) is 2.80. The third-order valence-corrected chi connectivity index (χ3v) is 4.47. The number of carbonyl (C=O) groups excluding carboxylic acids is 1. The Morgan fingerprint density at radius 1 is 1.25 bits per heavy atom. The molecule has 1 aliphatic rings. The Hall–Kier alpha value is -0.220. The van der Waals surface area contributed by atoms with Crippen molar-refractivity contribution in [2.75, 3.05) is 11.5 Å². The van der Waals surface area contributed by atoms with Gasteiger partial charge in [0.2, 0.25) is 5.91 Å². The van der Waals surface area contributed by atoms with Gasteiger partial charge in [-0.15, -0.1) is 0 Å². The molecule has 94 valence electrons. The summed E-state index contributed by atoms with van der Waals surface area (Å²) in [6.45, 7) is 0. The minimum atomic E-state index is -0.0430. The summed E-state index contributed by atoms with van der Waals surface area (Å²) in [5.74, 6) is 8.55. The topological polar surface area (TPSA) is 55.1 Å². The molecule has 0 bridgehead atoms. The Labute approximate surface area is 103 Å². The molecule has 0 aliphatic heterocycles. The Balaban J connectivity index is 1.79. The minimum absolute atomic E-state index is 0.0430. The number of rotatable bonds is 8. The number of unbranched alkanes of at least 4 members (excludes halogenated alkanes) is 2. The molecule has 1 saturated carbocycles. The molecule has 0 aromatic rings. The van der Waals surface area contributed by atoms with Gasteiger partial charge in [0.15, 0.2) is 0 Å². The van der Waals surface area contributed by atoms with Crippen molar-refractivity contribution in [1.82, 2.24) is 5.43 Å². The van der Waals surface area contributed by atoms with E-state index in [4.69, 9.17) is 5.84 Å². The summed E-state index contributed by atoms with van der Waals surface area (Å²) in [5, 5.41) is 0. The van der Waals surface area contributed by atoms with Crippen LogP contribution in [-0.2, 0) is 4.79 Å². The molecule has 1 fully saturated rings. The monoisotopic (exact) mass is 244 g/mol. The van der Waals surface area contributed by atoms with Crippen LogP contribution in [0.5, 0.6) is 0 Å². The summed E-state index contributed by atoms with van der Waals surface area (Å²) in [5.41, 5.74) is 2.16. The van der Waals surface area contributed by atoms with E-state index in [0.717, 1.165) is 18.8 Å². The molecule has 3 N–H and O–H groups in total. The number of hydrogen-bond acceptors (Lipinski definition) is 3. The molecule has 4 heteroatoms. The molecule has 0 atom stereocenters. The van der Waals surface area contributed by atoms with Gasteiger partial charge in [0.1, 0.15) is 0 Å². The van der Waals surface area contributed by atoms with Crippen molar-refractivity contribution in [2.45, 2.75) is 51.4 Å². The van der Waals surface area contributed by atoms with E-state index in [1.807, 2.05) is 0 Å². The van der Waals surface area contributed by atoms with Gasteiger partial charge in [-0.3, -0.25) is 10.2 Å². The minimum Gasteiger partial charge on any atom is -0.294 e. The molecular formula is C12H24N2OS. The summed E-state index contributed by atoms with van der Waals surface area (Å²) in [7, 11) is 0. The molecule has 1 rings (SSSR count). The van der Waals surface area contributed by atoms with Crippen LogP contribution in [-0.4, -0.2) is 17.4 Å². The number of nitrogens with two attached hydrogens (primary N) is 1. The van der Waals surface area contributed by atoms with Gasteiger partial charge in [0.25, 0.3) is 0 Å². The molecule has 0 aromatic carbocycles. The molecule has 0 radical (unpaired) electrons. The quantitative estimate of drug-likeness (QED) is 0.298. The third-order valence-electron chi connectivity index (χ3n) is 3.18. The SMILES string of the molecule is NNC(=O)CCCCCSCC1CCCC1. The van der Waals surface area contributed by atoms with E-state index >= 15 is 0 Å². The van der Waals surface area contributed by atoms with E-state index < -0.39 is 0 Å². The van der Waals surface area contributed by atoms with Crippen molar-refractivity contribution in [1.29, 1.82) is 0 Å². The van der Waals surface area contributed by atoms with E-state index in [9.17, 15) is 4.79 Å². The summed E-state index contributed by atoms with van der Waals surface area (Å²) in [6, 6.07) is 0. The molecule has 0 aromatic heterocycles. The van der Waals surface area contributed by atoms with E-state index in [2.05, 4.69) is 17.2 Å². The van der Waals surface area contributed by atoms with Gasteiger partial charge >= 0.3 is 0 Å². The summed E-state index contributed by atoms with van der Waals surface area (Å²) < 4.78 is 0. The van der Waals surface area contributed by atoms with Gasteiger partial charge in [-0.1, -0.05) is 19.3 Å². The van der Waals surface area contributed by atoms with Crippen LogP contribution in [0.3, 0.4) is 0 Å². The molecule has 0 spiro atoms. The van der Waals surface area contributed by atoms with Crippen LogP contribution in [0.2, 0.25) is 0 Å². The number of nitrogens with one attached hydrogen (secondary N) is 1. The maximum Gasteiger partial charge on any atom is 0.233 e. The van der Waals surface area contributed by atoms with Crippen LogP contribution in [0.25, 0.3) is 0 Å². The molecule has 16 heavy (non-hydrogen) atoms. The molecule has 1 aliphatic carbocycles. The van der Waals surface area contributed by atoms with Gasteiger partial charge in [0, 0.05) is 6.42 Å². The zero-order valence-electron chi connectivity index (χ0n) is 10.0.